The van der Waals surface area contributed by atoms with E-state index in [9.17, 15) is 9.59 Å². The number of piperidine rings is 1. The fourth-order valence-corrected chi connectivity index (χ4v) is 2.97. The maximum Gasteiger partial charge on any atom is 0.263 e. The predicted octanol–water partition coefficient (Wildman–Crippen LogP) is 1.88. The summed E-state index contributed by atoms with van der Waals surface area (Å²) in [5.41, 5.74) is 0. The fraction of sp³-hybridized carbons (Fsp3) is 0.579. The summed E-state index contributed by atoms with van der Waals surface area (Å²) >= 11 is 5.85. The largest absolute Gasteiger partial charge is 0.481 e. The van der Waals surface area contributed by atoms with E-state index in [1.165, 1.54) is 0 Å². The van der Waals surface area contributed by atoms with Crippen LogP contribution in [0.3, 0.4) is 0 Å². The van der Waals surface area contributed by atoms with Crippen LogP contribution in [-0.2, 0) is 19.1 Å². The summed E-state index contributed by atoms with van der Waals surface area (Å²) < 4.78 is 15.8. The molecule has 1 heterocycles. The van der Waals surface area contributed by atoms with Gasteiger partial charge in [-0.2, -0.15) is 0 Å². The lowest BCUT2D eigenvalue weighted by Gasteiger charge is -2.33. The van der Waals surface area contributed by atoms with Gasteiger partial charge in [0.2, 0.25) is 5.91 Å². The van der Waals surface area contributed by atoms with Crippen LogP contribution in [0.25, 0.3) is 0 Å². The lowest BCUT2D eigenvalue weighted by atomic mass is 10.0. The zero-order chi connectivity index (χ0) is 19.6. The first-order valence-electron chi connectivity index (χ1n) is 9.06. The molecule has 1 unspecified atom stereocenters. The number of rotatable bonds is 9. The summed E-state index contributed by atoms with van der Waals surface area (Å²) in [7, 11) is 1.58. The molecule has 1 atom stereocenters. The third-order valence-corrected chi connectivity index (χ3v) is 4.56. The third-order valence-electron chi connectivity index (χ3n) is 4.31. The van der Waals surface area contributed by atoms with Gasteiger partial charge in [-0.15, -0.1) is 0 Å². The van der Waals surface area contributed by atoms with Crippen molar-refractivity contribution in [2.75, 3.05) is 40.0 Å². The minimum absolute atomic E-state index is 0.0223. The van der Waals surface area contributed by atoms with Gasteiger partial charge in [-0.05, 0) is 44.0 Å². The van der Waals surface area contributed by atoms with Gasteiger partial charge in [-0.3, -0.25) is 9.59 Å². The average Bonchev–Trinajstić information content (AvgIpc) is 2.67. The molecule has 0 spiro atoms. The van der Waals surface area contributed by atoms with Crippen molar-refractivity contribution in [2.45, 2.75) is 31.9 Å². The summed E-state index contributed by atoms with van der Waals surface area (Å²) in [6.45, 7) is 3.79. The number of nitrogens with one attached hydrogen (secondary N) is 1. The van der Waals surface area contributed by atoms with E-state index in [-0.39, 0.29) is 24.5 Å². The Kier molecular flexibility index (Phi) is 8.84. The zero-order valence-corrected chi connectivity index (χ0v) is 16.5. The molecule has 0 aromatic heterocycles. The summed E-state index contributed by atoms with van der Waals surface area (Å²) in [5, 5.41) is 3.56. The van der Waals surface area contributed by atoms with Crippen LogP contribution >= 0.6 is 11.6 Å². The second kappa shape index (κ2) is 11.1. The van der Waals surface area contributed by atoms with Crippen molar-refractivity contribution in [3.63, 3.8) is 0 Å². The van der Waals surface area contributed by atoms with Gasteiger partial charge < -0.3 is 24.4 Å². The molecule has 1 aromatic rings. The Morgan fingerprint density at radius 1 is 1.22 bits per heavy atom. The highest BCUT2D eigenvalue weighted by molar-refractivity contribution is 6.30. The quantitative estimate of drug-likeness (QED) is 0.643. The number of likely N-dealkylation sites (tertiary alicyclic amines) is 1. The number of carbonyl (C=O) groups excluding carboxylic acids is 2. The zero-order valence-electron chi connectivity index (χ0n) is 15.8. The lowest BCUT2D eigenvalue weighted by Crippen LogP contribution is -2.50. The number of carbonyl (C=O) groups is 2. The molecule has 0 aliphatic carbocycles. The van der Waals surface area contributed by atoms with Crippen LogP contribution < -0.4 is 10.1 Å². The Labute approximate surface area is 164 Å². The van der Waals surface area contributed by atoms with Crippen LogP contribution in [0.5, 0.6) is 5.75 Å². The standard InChI is InChI=1S/C19H27ClN2O5/c1-14(27-17-5-3-15(20)4-6-17)19(24)22-9-7-16(8-10-22)21-18(23)13-26-12-11-25-2/h3-6,14,16H,7-13H2,1-2H3,(H,21,23). The number of nitrogens with zero attached hydrogens (tertiary/aromatic N) is 1. The van der Waals surface area contributed by atoms with Crippen LogP contribution in [0.4, 0.5) is 0 Å². The van der Waals surface area contributed by atoms with Gasteiger partial charge in [0.05, 0.1) is 13.2 Å². The molecule has 2 amide bonds. The Morgan fingerprint density at radius 2 is 1.89 bits per heavy atom. The van der Waals surface area contributed by atoms with Gasteiger partial charge >= 0.3 is 0 Å². The van der Waals surface area contributed by atoms with Crippen LogP contribution in [0.15, 0.2) is 24.3 Å². The van der Waals surface area contributed by atoms with E-state index in [1.54, 1.807) is 43.2 Å². The van der Waals surface area contributed by atoms with Crippen molar-refractivity contribution in [3.8, 4) is 5.75 Å². The molecule has 1 N–H and O–H groups in total. The molecule has 1 saturated heterocycles. The number of benzene rings is 1. The van der Waals surface area contributed by atoms with E-state index >= 15 is 0 Å². The van der Waals surface area contributed by atoms with Crippen molar-refractivity contribution in [1.82, 2.24) is 10.2 Å². The Morgan fingerprint density at radius 3 is 2.52 bits per heavy atom. The highest BCUT2D eigenvalue weighted by atomic mass is 35.5. The number of hydrogen-bond donors (Lipinski definition) is 1. The Bertz CT molecular complexity index is 603. The second-order valence-corrected chi connectivity index (χ2v) is 6.86. The van der Waals surface area contributed by atoms with Gasteiger partial charge in [0.15, 0.2) is 6.10 Å². The fourth-order valence-electron chi connectivity index (χ4n) is 2.85. The molecule has 7 nitrogen and oxygen atoms in total. The van der Waals surface area contributed by atoms with Crippen molar-refractivity contribution in [2.24, 2.45) is 0 Å². The summed E-state index contributed by atoms with van der Waals surface area (Å²) in [6, 6.07) is 6.98. The SMILES string of the molecule is COCCOCC(=O)NC1CCN(C(=O)C(C)Oc2ccc(Cl)cc2)CC1. The third kappa shape index (κ3) is 7.36. The maximum absolute atomic E-state index is 12.6. The number of amides is 2. The summed E-state index contributed by atoms with van der Waals surface area (Å²) in [6.07, 6.45) is 0.846. The summed E-state index contributed by atoms with van der Waals surface area (Å²) in [5.74, 6) is 0.406. The first kappa shape index (κ1) is 21.5. The van der Waals surface area contributed by atoms with Crippen molar-refractivity contribution < 1.29 is 23.8 Å². The van der Waals surface area contributed by atoms with E-state index < -0.39 is 6.10 Å². The highest BCUT2D eigenvalue weighted by Gasteiger charge is 2.27. The Hall–Kier alpha value is -1.83. The van der Waals surface area contributed by atoms with E-state index in [1.807, 2.05) is 0 Å². The van der Waals surface area contributed by atoms with E-state index in [2.05, 4.69) is 5.32 Å². The minimum Gasteiger partial charge on any atom is -0.481 e. The van der Waals surface area contributed by atoms with Crippen molar-refractivity contribution in [3.05, 3.63) is 29.3 Å². The topological polar surface area (TPSA) is 77.1 Å². The summed E-state index contributed by atoms with van der Waals surface area (Å²) in [4.78, 5) is 26.2. The van der Waals surface area contributed by atoms with Crippen molar-refractivity contribution in [1.29, 1.82) is 0 Å². The first-order chi connectivity index (χ1) is 13.0. The molecule has 150 valence electrons. The number of ether oxygens (including phenoxy) is 3. The van der Waals surface area contributed by atoms with Gasteiger partial charge in [0, 0.05) is 31.3 Å². The Balaban J connectivity index is 1.70. The van der Waals surface area contributed by atoms with E-state index in [0.29, 0.717) is 49.9 Å². The minimum atomic E-state index is -0.577. The second-order valence-electron chi connectivity index (χ2n) is 6.43. The van der Waals surface area contributed by atoms with Crippen LogP contribution in [0.2, 0.25) is 5.02 Å². The van der Waals surface area contributed by atoms with Gasteiger partial charge in [-0.25, -0.2) is 0 Å². The van der Waals surface area contributed by atoms with Gasteiger partial charge in [-0.1, -0.05) is 11.6 Å². The van der Waals surface area contributed by atoms with E-state index in [0.717, 1.165) is 0 Å². The van der Waals surface area contributed by atoms with Crippen LogP contribution in [-0.4, -0.2) is 68.9 Å². The smallest absolute Gasteiger partial charge is 0.263 e. The van der Waals surface area contributed by atoms with Crippen LogP contribution in [0, 0.1) is 0 Å². The number of halogens is 1. The van der Waals surface area contributed by atoms with Gasteiger partial charge in [0.1, 0.15) is 12.4 Å². The molecule has 8 heteroatoms. The number of methoxy groups -OCH3 is 1. The molecule has 0 radical (unpaired) electrons. The molecule has 27 heavy (non-hydrogen) atoms. The highest BCUT2D eigenvalue weighted by Crippen LogP contribution is 2.18. The molecule has 0 saturated carbocycles. The monoisotopic (exact) mass is 398 g/mol. The lowest BCUT2D eigenvalue weighted by molar-refractivity contribution is -0.139. The van der Waals surface area contributed by atoms with Crippen LogP contribution in [0.1, 0.15) is 19.8 Å². The first-order valence-corrected chi connectivity index (χ1v) is 9.44. The molecule has 1 aliphatic heterocycles. The number of hydrogen-bond acceptors (Lipinski definition) is 5. The predicted molar refractivity (Wildman–Crippen MR) is 102 cm³/mol. The molecule has 0 bridgehead atoms. The van der Waals surface area contributed by atoms with E-state index in [4.69, 9.17) is 25.8 Å². The van der Waals surface area contributed by atoms with Gasteiger partial charge in [0.25, 0.3) is 5.91 Å². The normalized spacial score (nSPS) is 16.0. The molecule has 1 aromatic carbocycles. The van der Waals surface area contributed by atoms with Crippen molar-refractivity contribution >= 4 is 23.4 Å². The molecule has 1 aliphatic rings. The molecule has 2 rings (SSSR count). The molecular formula is C19H27ClN2O5. The molecule has 1 fully saturated rings. The average molecular weight is 399 g/mol. The molecular weight excluding hydrogens is 372 g/mol. The maximum atomic E-state index is 12.6.